The van der Waals surface area contributed by atoms with E-state index in [1.165, 1.54) is 0 Å². The van der Waals surface area contributed by atoms with Crippen LogP contribution in [0.5, 0.6) is 5.75 Å². The van der Waals surface area contributed by atoms with Crippen molar-refractivity contribution in [3.05, 3.63) is 53.9 Å². The molecule has 1 heterocycles. The average molecular weight is 301 g/mol. The summed E-state index contributed by atoms with van der Waals surface area (Å²) in [5, 5.41) is 15.2. The van der Waals surface area contributed by atoms with Gasteiger partial charge in [0.15, 0.2) is 0 Å². The Morgan fingerprint density at radius 1 is 1.32 bits per heavy atom. The van der Waals surface area contributed by atoms with Crippen molar-refractivity contribution in [3.63, 3.8) is 0 Å². The Labute approximate surface area is 131 Å². The molecule has 3 N–H and O–H groups in total. The fraction of sp³-hybridized carbons (Fsp3) is 0.353. The normalized spacial score (nSPS) is 14.5. The van der Waals surface area contributed by atoms with Gasteiger partial charge >= 0.3 is 6.03 Å². The number of allylic oxidation sites excluding steroid dienone is 1. The molecule has 2 amide bonds. The molecule has 0 aliphatic carbocycles. The highest BCUT2D eigenvalue weighted by atomic mass is 16.3. The maximum Gasteiger partial charge on any atom is 0.319 e. The topological polar surface area (TPSA) is 64.6 Å². The zero-order valence-electron chi connectivity index (χ0n) is 13.3. The lowest BCUT2D eigenvalue weighted by Crippen LogP contribution is -2.40. The summed E-state index contributed by atoms with van der Waals surface area (Å²) in [6, 6.07) is 6.65. The first-order valence-electron chi connectivity index (χ1n) is 7.33. The third-order valence-electron chi connectivity index (χ3n) is 3.49. The van der Waals surface area contributed by atoms with E-state index in [-0.39, 0.29) is 23.9 Å². The number of hydrogen-bond acceptors (Lipinski definition) is 3. The van der Waals surface area contributed by atoms with Gasteiger partial charge in [-0.25, -0.2) is 4.79 Å². The van der Waals surface area contributed by atoms with Gasteiger partial charge in [-0.3, -0.25) is 0 Å². The average Bonchev–Trinajstić information content (AvgIpc) is 2.46. The molecule has 0 radical (unpaired) electrons. The number of carbonyl (C=O) groups excluding carboxylic acids is 1. The number of benzene rings is 1. The fourth-order valence-corrected chi connectivity index (χ4v) is 2.10. The van der Waals surface area contributed by atoms with Crippen LogP contribution in [0.25, 0.3) is 0 Å². The van der Waals surface area contributed by atoms with Gasteiger partial charge in [-0.05, 0) is 39.0 Å². The largest absolute Gasteiger partial charge is 0.508 e. The number of urea groups is 1. The maximum absolute atomic E-state index is 11.9. The van der Waals surface area contributed by atoms with Crippen molar-refractivity contribution in [2.75, 3.05) is 6.54 Å². The van der Waals surface area contributed by atoms with E-state index in [2.05, 4.69) is 36.3 Å². The van der Waals surface area contributed by atoms with Crippen LogP contribution in [0.3, 0.4) is 0 Å². The predicted molar refractivity (Wildman–Crippen MR) is 87.2 cm³/mol. The third kappa shape index (κ3) is 4.28. The van der Waals surface area contributed by atoms with Crippen LogP contribution in [0, 0.1) is 0 Å². The van der Waals surface area contributed by atoms with Gasteiger partial charge in [0, 0.05) is 36.1 Å². The van der Waals surface area contributed by atoms with Gasteiger partial charge in [0.2, 0.25) is 0 Å². The van der Waals surface area contributed by atoms with Gasteiger partial charge in [-0.15, -0.1) is 0 Å². The van der Waals surface area contributed by atoms with E-state index in [1.54, 1.807) is 18.2 Å². The number of amides is 2. The Hall–Kier alpha value is -2.43. The summed E-state index contributed by atoms with van der Waals surface area (Å²) in [6.45, 7) is 7.46. The van der Waals surface area contributed by atoms with Gasteiger partial charge in [-0.2, -0.15) is 0 Å². The Kier molecular flexibility index (Phi) is 4.75. The number of phenolic OH excluding ortho intramolecular Hbond substituents is 1. The second kappa shape index (κ2) is 6.56. The second-order valence-corrected chi connectivity index (χ2v) is 6.23. The van der Waals surface area contributed by atoms with Crippen molar-refractivity contribution < 1.29 is 9.90 Å². The smallest absolute Gasteiger partial charge is 0.319 e. The number of nitrogens with one attached hydrogen (secondary N) is 2. The van der Waals surface area contributed by atoms with Crippen LogP contribution in [0.2, 0.25) is 0 Å². The third-order valence-corrected chi connectivity index (χ3v) is 3.49. The minimum Gasteiger partial charge on any atom is -0.508 e. The van der Waals surface area contributed by atoms with Crippen molar-refractivity contribution >= 4 is 6.03 Å². The molecule has 0 saturated heterocycles. The molecule has 0 aromatic heterocycles. The monoisotopic (exact) mass is 301 g/mol. The summed E-state index contributed by atoms with van der Waals surface area (Å²) in [7, 11) is 0. The first-order chi connectivity index (χ1) is 10.4. The van der Waals surface area contributed by atoms with Crippen molar-refractivity contribution in [3.8, 4) is 5.75 Å². The van der Waals surface area contributed by atoms with Crippen LogP contribution in [0.15, 0.2) is 48.3 Å². The van der Waals surface area contributed by atoms with Gasteiger partial charge in [0.05, 0.1) is 0 Å². The van der Waals surface area contributed by atoms with E-state index in [1.807, 2.05) is 24.4 Å². The minimum absolute atomic E-state index is 0.0611. The fourth-order valence-electron chi connectivity index (χ4n) is 2.10. The molecule has 0 unspecified atom stereocenters. The number of phenols is 1. The van der Waals surface area contributed by atoms with E-state index < -0.39 is 0 Å². The van der Waals surface area contributed by atoms with Crippen LogP contribution >= 0.6 is 0 Å². The number of para-hydroxylation sites is 1. The van der Waals surface area contributed by atoms with Crippen LogP contribution in [0.4, 0.5) is 4.79 Å². The zero-order chi connectivity index (χ0) is 16.2. The van der Waals surface area contributed by atoms with E-state index in [0.717, 1.165) is 12.2 Å². The predicted octanol–water partition coefficient (Wildman–Crippen LogP) is 2.70. The molecule has 22 heavy (non-hydrogen) atoms. The highest BCUT2D eigenvalue weighted by Crippen LogP contribution is 2.17. The molecule has 5 nitrogen and oxygen atoms in total. The summed E-state index contributed by atoms with van der Waals surface area (Å²) >= 11 is 0. The Bertz CT molecular complexity index is 600. The van der Waals surface area contributed by atoms with Crippen LogP contribution < -0.4 is 10.6 Å². The quantitative estimate of drug-likeness (QED) is 0.804. The highest BCUT2D eigenvalue weighted by molar-refractivity contribution is 5.76. The van der Waals surface area contributed by atoms with E-state index in [4.69, 9.17) is 0 Å². The van der Waals surface area contributed by atoms with Crippen molar-refractivity contribution in [1.29, 1.82) is 0 Å². The lowest BCUT2D eigenvalue weighted by atomic mass is 10.1. The number of carbonyl (C=O) groups is 1. The molecule has 1 aromatic carbocycles. The molecular formula is C17H23N3O2. The van der Waals surface area contributed by atoms with Gasteiger partial charge in [-0.1, -0.05) is 18.2 Å². The van der Waals surface area contributed by atoms with Gasteiger partial charge in [0.25, 0.3) is 0 Å². The molecular weight excluding hydrogens is 278 g/mol. The standard InChI is InChI=1S/C17H23N3O2/c1-17(2,3)20-10-8-14(9-11-20)19-16(22)18-12-13-6-4-5-7-15(13)21/h4-10,21H,11-12H2,1-3H3,(H2,18,19,22). The molecule has 0 fully saturated rings. The zero-order valence-corrected chi connectivity index (χ0v) is 13.3. The number of nitrogens with zero attached hydrogens (tertiary/aromatic N) is 1. The summed E-state index contributed by atoms with van der Waals surface area (Å²) < 4.78 is 0. The molecule has 0 spiro atoms. The van der Waals surface area contributed by atoms with Crippen molar-refractivity contribution in [1.82, 2.24) is 15.5 Å². The summed E-state index contributed by atoms with van der Waals surface area (Å²) in [5.41, 5.74) is 1.52. The molecule has 1 aromatic rings. The number of aromatic hydroxyl groups is 1. The maximum atomic E-state index is 11.9. The first-order valence-corrected chi connectivity index (χ1v) is 7.33. The van der Waals surface area contributed by atoms with E-state index >= 15 is 0 Å². The van der Waals surface area contributed by atoms with E-state index in [9.17, 15) is 9.90 Å². The molecule has 0 saturated carbocycles. The summed E-state index contributed by atoms with van der Waals surface area (Å²) in [4.78, 5) is 14.1. The van der Waals surface area contributed by atoms with Crippen molar-refractivity contribution in [2.24, 2.45) is 0 Å². The lowest BCUT2D eigenvalue weighted by Gasteiger charge is -2.35. The summed E-state index contributed by atoms with van der Waals surface area (Å²) in [6.07, 6.45) is 5.85. The highest BCUT2D eigenvalue weighted by Gasteiger charge is 2.19. The Balaban J connectivity index is 1.83. The molecule has 0 bridgehead atoms. The molecule has 5 heteroatoms. The molecule has 1 aliphatic heterocycles. The SMILES string of the molecule is CC(C)(C)N1C=CC(NC(=O)NCc2ccccc2O)=CC1. The molecule has 2 rings (SSSR count). The number of hydrogen-bond donors (Lipinski definition) is 3. The molecule has 0 atom stereocenters. The number of rotatable bonds is 3. The van der Waals surface area contributed by atoms with E-state index in [0.29, 0.717) is 5.56 Å². The van der Waals surface area contributed by atoms with Crippen LogP contribution in [-0.4, -0.2) is 28.1 Å². The Morgan fingerprint density at radius 2 is 2.05 bits per heavy atom. The lowest BCUT2D eigenvalue weighted by molar-refractivity contribution is 0.222. The first kappa shape index (κ1) is 15.9. The van der Waals surface area contributed by atoms with Crippen LogP contribution in [-0.2, 0) is 6.54 Å². The minimum atomic E-state index is -0.289. The van der Waals surface area contributed by atoms with Gasteiger partial charge < -0.3 is 20.6 Å². The molecule has 118 valence electrons. The Morgan fingerprint density at radius 3 is 2.64 bits per heavy atom. The van der Waals surface area contributed by atoms with Crippen molar-refractivity contribution in [2.45, 2.75) is 32.9 Å². The van der Waals surface area contributed by atoms with Crippen LogP contribution in [0.1, 0.15) is 26.3 Å². The molecule has 1 aliphatic rings. The van der Waals surface area contributed by atoms with Gasteiger partial charge in [0.1, 0.15) is 5.75 Å². The second-order valence-electron chi connectivity index (χ2n) is 6.23. The summed E-state index contributed by atoms with van der Waals surface area (Å²) in [5.74, 6) is 0.181.